The van der Waals surface area contributed by atoms with Crippen LogP contribution in [0.4, 0.5) is 0 Å². The maximum Gasteiger partial charge on any atom is 0.223 e. The Kier molecular flexibility index (Phi) is 6.46. The SMILES string of the molecule is CCCOc1ccc(CNC(=O)[C@H]2CCN(C)[C@@H](C)C2)c(C)c1. The van der Waals surface area contributed by atoms with Crippen LogP contribution in [0, 0.1) is 12.8 Å². The molecule has 1 aromatic carbocycles. The molecular formula is C19H30N2O2. The highest BCUT2D eigenvalue weighted by Crippen LogP contribution is 2.22. The van der Waals surface area contributed by atoms with Crippen molar-refractivity contribution in [1.82, 2.24) is 10.2 Å². The number of amides is 1. The summed E-state index contributed by atoms with van der Waals surface area (Å²) in [6, 6.07) is 6.57. The number of nitrogens with zero attached hydrogens (tertiary/aromatic N) is 1. The highest BCUT2D eigenvalue weighted by molar-refractivity contribution is 5.78. The molecule has 1 aliphatic heterocycles. The molecular weight excluding hydrogens is 288 g/mol. The molecule has 0 bridgehead atoms. The van der Waals surface area contributed by atoms with E-state index in [-0.39, 0.29) is 11.8 Å². The summed E-state index contributed by atoms with van der Waals surface area (Å²) >= 11 is 0. The summed E-state index contributed by atoms with van der Waals surface area (Å²) < 4.78 is 5.64. The van der Waals surface area contributed by atoms with E-state index in [0.29, 0.717) is 12.6 Å². The Morgan fingerprint density at radius 3 is 2.87 bits per heavy atom. The smallest absolute Gasteiger partial charge is 0.223 e. The molecule has 0 unspecified atom stereocenters. The molecule has 1 aromatic rings. The molecule has 0 spiro atoms. The molecule has 1 saturated heterocycles. The first-order valence-corrected chi connectivity index (χ1v) is 8.71. The first kappa shape index (κ1) is 17.8. The standard InChI is InChI=1S/C19H30N2O2/c1-5-10-23-18-7-6-17(14(2)11-18)13-20-19(22)16-8-9-21(4)15(3)12-16/h6-7,11,15-16H,5,8-10,12-13H2,1-4H3,(H,20,22)/t15-,16-/m0/s1. The third-order valence-corrected chi connectivity index (χ3v) is 4.82. The fraction of sp³-hybridized carbons (Fsp3) is 0.632. The summed E-state index contributed by atoms with van der Waals surface area (Å²) in [6.45, 7) is 8.70. The van der Waals surface area contributed by atoms with E-state index in [1.165, 1.54) is 0 Å². The van der Waals surface area contributed by atoms with Crippen molar-refractivity contribution in [2.45, 2.75) is 52.6 Å². The highest BCUT2D eigenvalue weighted by atomic mass is 16.5. The topological polar surface area (TPSA) is 41.6 Å². The van der Waals surface area contributed by atoms with Crippen LogP contribution in [-0.4, -0.2) is 37.0 Å². The summed E-state index contributed by atoms with van der Waals surface area (Å²) in [5.41, 5.74) is 2.32. The highest BCUT2D eigenvalue weighted by Gasteiger charge is 2.27. The van der Waals surface area contributed by atoms with Gasteiger partial charge in [-0.25, -0.2) is 0 Å². The van der Waals surface area contributed by atoms with E-state index < -0.39 is 0 Å². The lowest BCUT2D eigenvalue weighted by Crippen LogP contribution is -2.43. The molecule has 2 atom stereocenters. The zero-order valence-corrected chi connectivity index (χ0v) is 14.9. The molecule has 0 aliphatic carbocycles. The average molecular weight is 318 g/mol. The summed E-state index contributed by atoms with van der Waals surface area (Å²) in [4.78, 5) is 14.7. The van der Waals surface area contributed by atoms with Gasteiger partial charge in [-0.3, -0.25) is 4.79 Å². The minimum absolute atomic E-state index is 0.147. The maximum atomic E-state index is 12.4. The predicted molar refractivity (Wildman–Crippen MR) is 93.6 cm³/mol. The zero-order chi connectivity index (χ0) is 16.8. The van der Waals surface area contributed by atoms with E-state index in [9.17, 15) is 4.79 Å². The number of likely N-dealkylation sites (tertiary alicyclic amines) is 1. The number of aryl methyl sites for hydroxylation is 1. The van der Waals surface area contributed by atoms with Crippen LogP contribution in [0.2, 0.25) is 0 Å². The van der Waals surface area contributed by atoms with Gasteiger partial charge >= 0.3 is 0 Å². The lowest BCUT2D eigenvalue weighted by atomic mass is 9.91. The molecule has 1 heterocycles. The normalized spacial score (nSPS) is 21.9. The van der Waals surface area contributed by atoms with Crippen molar-refractivity contribution in [3.8, 4) is 5.75 Å². The molecule has 1 N–H and O–H groups in total. The van der Waals surface area contributed by atoms with Crippen molar-refractivity contribution in [3.05, 3.63) is 29.3 Å². The van der Waals surface area contributed by atoms with Crippen molar-refractivity contribution >= 4 is 5.91 Å². The molecule has 128 valence electrons. The number of hydrogen-bond donors (Lipinski definition) is 1. The first-order valence-electron chi connectivity index (χ1n) is 8.71. The van der Waals surface area contributed by atoms with Crippen LogP contribution >= 0.6 is 0 Å². The van der Waals surface area contributed by atoms with E-state index in [1.54, 1.807) is 0 Å². The van der Waals surface area contributed by atoms with Crippen molar-refractivity contribution in [2.24, 2.45) is 5.92 Å². The number of rotatable bonds is 6. The number of carbonyl (C=O) groups excluding carboxylic acids is 1. The molecule has 1 aliphatic rings. The number of piperidine rings is 1. The van der Waals surface area contributed by atoms with Gasteiger partial charge in [0, 0.05) is 18.5 Å². The minimum Gasteiger partial charge on any atom is -0.494 e. The summed E-state index contributed by atoms with van der Waals surface area (Å²) in [5.74, 6) is 1.24. The second-order valence-corrected chi connectivity index (χ2v) is 6.71. The third kappa shape index (κ3) is 4.96. The Hall–Kier alpha value is -1.55. The van der Waals surface area contributed by atoms with Gasteiger partial charge in [0.05, 0.1) is 6.61 Å². The number of nitrogens with one attached hydrogen (secondary N) is 1. The summed E-state index contributed by atoms with van der Waals surface area (Å²) in [7, 11) is 2.13. The first-order chi connectivity index (χ1) is 11.0. The predicted octanol–water partition coefficient (Wildman–Crippen LogP) is 3.13. The van der Waals surface area contributed by atoms with Gasteiger partial charge in [-0.1, -0.05) is 13.0 Å². The molecule has 4 nitrogen and oxygen atoms in total. The van der Waals surface area contributed by atoms with Gasteiger partial charge in [-0.2, -0.15) is 0 Å². The number of carbonyl (C=O) groups is 1. The summed E-state index contributed by atoms with van der Waals surface area (Å²) in [5, 5.41) is 3.11. The van der Waals surface area contributed by atoms with Gasteiger partial charge in [0.2, 0.25) is 5.91 Å². The monoisotopic (exact) mass is 318 g/mol. The van der Waals surface area contributed by atoms with Crippen LogP contribution < -0.4 is 10.1 Å². The molecule has 1 amide bonds. The number of benzene rings is 1. The molecule has 4 heteroatoms. The van der Waals surface area contributed by atoms with Crippen molar-refractivity contribution in [2.75, 3.05) is 20.2 Å². The van der Waals surface area contributed by atoms with Crippen molar-refractivity contribution in [3.63, 3.8) is 0 Å². The molecule has 23 heavy (non-hydrogen) atoms. The Balaban J connectivity index is 1.86. The Morgan fingerprint density at radius 2 is 2.22 bits per heavy atom. The molecule has 2 rings (SSSR count). The van der Waals surface area contributed by atoms with E-state index in [1.807, 2.05) is 6.07 Å². The lowest BCUT2D eigenvalue weighted by Gasteiger charge is -2.34. The number of ether oxygens (including phenoxy) is 1. The zero-order valence-electron chi connectivity index (χ0n) is 14.9. The van der Waals surface area contributed by atoms with E-state index >= 15 is 0 Å². The van der Waals surface area contributed by atoms with Crippen LogP contribution in [0.3, 0.4) is 0 Å². The fourth-order valence-corrected chi connectivity index (χ4v) is 3.03. The lowest BCUT2D eigenvalue weighted by molar-refractivity contribution is -0.127. The second kappa shape index (κ2) is 8.34. The largest absolute Gasteiger partial charge is 0.494 e. The van der Waals surface area contributed by atoms with E-state index in [4.69, 9.17) is 4.74 Å². The average Bonchev–Trinajstić information content (AvgIpc) is 2.54. The second-order valence-electron chi connectivity index (χ2n) is 6.71. The van der Waals surface area contributed by atoms with Gasteiger partial charge in [0.1, 0.15) is 5.75 Å². The minimum atomic E-state index is 0.147. The van der Waals surface area contributed by atoms with Crippen molar-refractivity contribution in [1.29, 1.82) is 0 Å². The van der Waals surface area contributed by atoms with Gasteiger partial charge in [0.25, 0.3) is 0 Å². The van der Waals surface area contributed by atoms with E-state index in [0.717, 1.165) is 49.3 Å². The maximum absolute atomic E-state index is 12.4. The van der Waals surface area contributed by atoms with Gasteiger partial charge in [-0.05, 0) is 70.0 Å². The number of hydrogen-bond acceptors (Lipinski definition) is 3. The fourth-order valence-electron chi connectivity index (χ4n) is 3.03. The Bertz CT molecular complexity index is 530. The van der Waals surface area contributed by atoms with Crippen LogP contribution in [-0.2, 0) is 11.3 Å². The third-order valence-electron chi connectivity index (χ3n) is 4.82. The van der Waals surface area contributed by atoms with Gasteiger partial charge in [-0.15, -0.1) is 0 Å². The molecule has 0 radical (unpaired) electrons. The summed E-state index contributed by atoms with van der Waals surface area (Å²) in [6.07, 6.45) is 2.91. The van der Waals surface area contributed by atoms with Crippen LogP contribution in [0.25, 0.3) is 0 Å². The Labute approximate surface area is 140 Å². The molecule has 0 aromatic heterocycles. The molecule has 1 fully saturated rings. The van der Waals surface area contributed by atoms with Crippen LogP contribution in [0.5, 0.6) is 5.75 Å². The van der Waals surface area contributed by atoms with Gasteiger partial charge in [0.15, 0.2) is 0 Å². The van der Waals surface area contributed by atoms with Crippen LogP contribution in [0.1, 0.15) is 44.2 Å². The van der Waals surface area contributed by atoms with Crippen molar-refractivity contribution < 1.29 is 9.53 Å². The van der Waals surface area contributed by atoms with Crippen LogP contribution in [0.15, 0.2) is 18.2 Å². The van der Waals surface area contributed by atoms with Gasteiger partial charge < -0.3 is 15.0 Å². The molecule has 0 saturated carbocycles. The Morgan fingerprint density at radius 1 is 1.43 bits per heavy atom. The van der Waals surface area contributed by atoms with E-state index in [2.05, 4.69) is 50.2 Å². The quantitative estimate of drug-likeness (QED) is 0.876.